The van der Waals surface area contributed by atoms with Gasteiger partial charge in [0.15, 0.2) is 11.6 Å². The van der Waals surface area contributed by atoms with Crippen molar-refractivity contribution in [1.29, 1.82) is 0 Å². The SMILES string of the molecule is CCCOC(=O)Nc1nc(=O)n(OP(=O)(CC(F)(F)F)CC(F)(F)F)cc1F. The molecule has 1 rings (SSSR count). The van der Waals surface area contributed by atoms with Gasteiger partial charge in [0.1, 0.15) is 12.3 Å². The van der Waals surface area contributed by atoms with Crippen molar-refractivity contribution < 1.29 is 49.5 Å². The third-order valence-electron chi connectivity index (χ3n) is 2.59. The normalized spacial score (nSPS) is 12.6. The molecule has 0 radical (unpaired) electrons. The fourth-order valence-electron chi connectivity index (χ4n) is 1.71. The lowest BCUT2D eigenvalue weighted by Crippen LogP contribution is -2.34. The Morgan fingerprint density at radius 3 is 2.21 bits per heavy atom. The molecule has 1 heterocycles. The first kappa shape index (κ1) is 23.7. The van der Waals surface area contributed by atoms with Gasteiger partial charge in [-0.2, -0.15) is 31.3 Å². The Hall–Kier alpha value is -2.31. The van der Waals surface area contributed by atoms with Crippen molar-refractivity contribution in [2.45, 2.75) is 25.7 Å². The van der Waals surface area contributed by atoms with Crippen LogP contribution in [0, 0.1) is 5.82 Å². The molecule has 0 spiro atoms. The van der Waals surface area contributed by atoms with Crippen molar-refractivity contribution in [3.8, 4) is 0 Å². The number of carbonyl (C=O) groups is 1. The lowest BCUT2D eigenvalue weighted by atomic mass is 10.5. The fourth-order valence-corrected chi connectivity index (χ4v) is 3.47. The Kier molecular flexibility index (Phi) is 7.45. The predicted molar refractivity (Wildman–Crippen MR) is 79.7 cm³/mol. The molecule has 0 bridgehead atoms. The van der Waals surface area contributed by atoms with E-state index in [1.807, 2.05) is 0 Å². The number of carbonyl (C=O) groups excluding carboxylic acids is 1. The monoisotopic (exact) mass is 443 g/mol. The van der Waals surface area contributed by atoms with Gasteiger partial charge in [-0.15, -0.1) is 4.73 Å². The Labute approximate surface area is 152 Å². The summed E-state index contributed by atoms with van der Waals surface area (Å²) in [5, 5.41) is 1.71. The maximum atomic E-state index is 13.9. The molecule has 0 saturated heterocycles. The van der Waals surface area contributed by atoms with Crippen LogP contribution in [0.15, 0.2) is 11.0 Å². The maximum Gasteiger partial charge on any atom is 0.412 e. The molecule has 28 heavy (non-hydrogen) atoms. The molecular weight excluding hydrogens is 430 g/mol. The summed E-state index contributed by atoms with van der Waals surface area (Å²) < 4.78 is 109. The summed E-state index contributed by atoms with van der Waals surface area (Å²) in [6, 6.07) is 0. The Balaban J connectivity index is 3.14. The molecule has 0 unspecified atom stereocenters. The van der Waals surface area contributed by atoms with Crippen molar-refractivity contribution in [1.82, 2.24) is 9.71 Å². The van der Waals surface area contributed by atoms with Gasteiger partial charge < -0.3 is 9.36 Å². The topological polar surface area (TPSA) is 99.5 Å². The molecule has 1 aromatic rings. The number of ether oxygens (including phenoxy) is 1. The summed E-state index contributed by atoms with van der Waals surface area (Å²) in [7, 11) is -5.59. The van der Waals surface area contributed by atoms with E-state index < -0.39 is 60.2 Å². The van der Waals surface area contributed by atoms with Gasteiger partial charge >= 0.3 is 24.1 Å². The van der Waals surface area contributed by atoms with E-state index in [2.05, 4.69) is 14.3 Å². The first-order valence-electron chi connectivity index (χ1n) is 7.29. The number of nitrogens with zero attached hydrogens (tertiary/aromatic N) is 2. The van der Waals surface area contributed by atoms with Gasteiger partial charge in [-0.25, -0.2) is 14.0 Å². The highest BCUT2D eigenvalue weighted by Crippen LogP contribution is 2.51. The van der Waals surface area contributed by atoms with Gasteiger partial charge in [-0.3, -0.25) is 9.88 Å². The molecule has 16 heteroatoms. The molecule has 0 aliphatic heterocycles. The zero-order chi connectivity index (χ0) is 21.8. The van der Waals surface area contributed by atoms with Crippen LogP contribution in [0.5, 0.6) is 0 Å². The minimum Gasteiger partial charge on any atom is -0.449 e. The molecule has 0 aliphatic rings. The Bertz CT molecular complexity index is 788. The third kappa shape index (κ3) is 8.15. The van der Waals surface area contributed by atoms with Crippen molar-refractivity contribution >= 4 is 19.3 Å². The van der Waals surface area contributed by atoms with Crippen LogP contribution in [0.3, 0.4) is 0 Å². The van der Waals surface area contributed by atoms with Crippen molar-refractivity contribution in [2.75, 3.05) is 24.2 Å². The van der Waals surface area contributed by atoms with E-state index in [0.29, 0.717) is 6.42 Å². The second kappa shape index (κ2) is 8.80. The van der Waals surface area contributed by atoms with Gasteiger partial charge in [0, 0.05) is 0 Å². The second-order valence-electron chi connectivity index (χ2n) is 5.25. The maximum absolute atomic E-state index is 13.9. The van der Waals surface area contributed by atoms with E-state index in [9.17, 15) is 44.9 Å². The van der Waals surface area contributed by atoms with Crippen LogP contribution in [0.4, 0.5) is 41.3 Å². The molecule has 0 fully saturated rings. The van der Waals surface area contributed by atoms with Gasteiger partial charge in [-0.1, -0.05) is 6.92 Å². The number of anilines is 1. The summed E-state index contributed by atoms with van der Waals surface area (Å²) >= 11 is 0. The largest absolute Gasteiger partial charge is 0.449 e. The van der Waals surface area contributed by atoms with Crippen LogP contribution in [0.2, 0.25) is 0 Å². The van der Waals surface area contributed by atoms with E-state index in [1.165, 1.54) is 0 Å². The number of aromatic nitrogens is 2. The molecule has 1 aromatic heterocycles. The van der Waals surface area contributed by atoms with E-state index in [0.717, 1.165) is 0 Å². The quantitative estimate of drug-likeness (QED) is 0.514. The van der Waals surface area contributed by atoms with Crippen molar-refractivity contribution in [2.24, 2.45) is 0 Å². The van der Waals surface area contributed by atoms with Crippen LogP contribution in [-0.2, 0) is 9.30 Å². The van der Waals surface area contributed by atoms with Crippen LogP contribution in [0.25, 0.3) is 0 Å². The average Bonchev–Trinajstić information content (AvgIpc) is 2.46. The summed E-state index contributed by atoms with van der Waals surface area (Å²) in [6.07, 6.45) is -16.5. The van der Waals surface area contributed by atoms with Crippen molar-refractivity contribution in [3.63, 3.8) is 0 Å². The number of rotatable bonds is 7. The minimum atomic E-state index is -5.59. The van der Waals surface area contributed by atoms with Crippen LogP contribution >= 0.6 is 7.37 Å². The number of alkyl halides is 6. The van der Waals surface area contributed by atoms with Crippen LogP contribution in [-0.4, -0.2) is 47.1 Å². The van der Waals surface area contributed by atoms with Gasteiger partial charge in [0.2, 0.25) is 0 Å². The summed E-state index contributed by atoms with van der Waals surface area (Å²) in [4.78, 5) is 25.9. The van der Waals surface area contributed by atoms with Gasteiger partial charge in [0.25, 0.3) is 7.37 Å². The molecule has 8 nitrogen and oxygen atoms in total. The number of halogens is 7. The Morgan fingerprint density at radius 2 is 1.75 bits per heavy atom. The fraction of sp³-hybridized carbons (Fsp3) is 0.583. The molecular formula is C12H13F7N3O5P. The van der Waals surface area contributed by atoms with Crippen molar-refractivity contribution in [3.05, 3.63) is 22.5 Å². The molecule has 1 amide bonds. The number of nitrogens with one attached hydrogen (secondary N) is 1. The number of amides is 1. The highest BCUT2D eigenvalue weighted by Gasteiger charge is 2.48. The number of hydrogen-bond acceptors (Lipinski definition) is 6. The van der Waals surface area contributed by atoms with Gasteiger partial charge in [-0.05, 0) is 6.42 Å². The van der Waals surface area contributed by atoms with E-state index >= 15 is 0 Å². The molecule has 0 aliphatic carbocycles. The standard InChI is InChI=1S/C12H13F7N3O5P/c1-2-3-26-10(24)21-8-7(13)4-22(9(23)20-8)27-28(25,5-11(14,15)16)6-12(17,18)19/h4H,2-3,5-6H2,1H3,(H,20,21,23,24). The van der Waals surface area contributed by atoms with E-state index in [4.69, 9.17) is 0 Å². The molecule has 0 atom stereocenters. The van der Waals surface area contributed by atoms with Crippen LogP contribution < -0.4 is 15.6 Å². The summed E-state index contributed by atoms with van der Waals surface area (Å²) in [5.74, 6) is -2.59. The highest BCUT2D eigenvalue weighted by molar-refractivity contribution is 7.59. The predicted octanol–water partition coefficient (Wildman–Crippen LogP) is 3.17. The average molecular weight is 443 g/mol. The smallest absolute Gasteiger partial charge is 0.412 e. The van der Waals surface area contributed by atoms with Crippen LogP contribution in [0.1, 0.15) is 13.3 Å². The van der Waals surface area contributed by atoms with E-state index in [-0.39, 0.29) is 12.8 Å². The van der Waals surface area contributed by atoms with E-state index in [1.54, 1.807) is 12.2 Å². The summed E-state index contributed by atoms with van der Waals surface area (Å²) in [5.41, 5.74) is -1.73. The zero-order valence-corrected chi connectivity index (χ0v) is 14.8. The third-order valence-corrected chi connectivity index (χ3v) is 4.74. The molecule has 1 N–H and O–H groups in total. The molecule has 160 valence electrons. The molecule has 0 saturated carbocycles. The lowest BCUT2D eigenvalue weighted by molar-refractivity contribution is -0.115. The first-order chi connectivity index (χ1) is 12.6. The number of hydrogen-bond donors (Lipinski definition) is 1. The van der Waals surface area contributed by atoms with Gasteiger partial charge in [0.05, 0.1) is 12.8 Å². The highest BCUT2D eigenvalue weighted by atomic mass is 31.2. The second-order valence-corrected chi connectivity index (χ2v) is 7.67. The zero-order valence-electron chi connectivity index (χ0n) is 13.9. The lowest BCUT2D eigenvalue weighted by Gasteiger charge is -2.22. The minimum absolute atomic E-state index is 0.00976. The first-order valence-corrected chi connectivity index (χ1v) is 9.28. The summed E-state index contributed by atoms with van der Waals surface area (Å²) in [6.45, 7) is 1.58. The Morgan fingerprint density at radius 1 is 1.21 bits per heavy atom. The molecule has 0 aromatic carbocycles.